The zero-order chi connectivity index (χ0) is 20.5. The second-order valence-electron chi connectivity index (χ2n) is 6.67. The summed E-state index contributed by atoms with van der Waals surface area (Å²) in [5.41, 5.74) is 2.06. The molecule has 0 atom stereocenters. The van der Waals surface area contributed by atoms with Gasteiger partial charge in [0.15, 0.2) is 11.5 Å². The summed E-state index contributed by atoms with van der Waals surface area (Å²) in [4.78, 5) is 23.1. The van der Waals surface area contributed by atoms with Crippen molar-refractivity contribution < 1.29 is 14.3 Å². The van der Waals surface area contributed by atoms with Crippen molar-refractivity contribution in [2.45, 2.75) is 19.9 Å². The molecule has 0 radical (unpaired) electrons. The molecule has 1 aromatic carbocycles. The van der Waals surface area contributed by atoms with Crippen LogP contribution in [-0.2, 0) is 6.54 Å². The molecule has 0 saturated carbocycles. The largest absolute Gasteiger partial charge is 0.493 e. The number of carbonyl (C=O) groups excluding carboxylic acids is 1. The van der Waals surface area contributed by atoms with Gasteiger partial charge in [0.2, 0.25) is 5.95 Å². The maximum atomic E-state index is 12.3. The highest BCUT2D eigenvalue weighted by molar-refractivity contribution is 5.92. The summed E-state index contributed by atoms with van der Waals surface area (Å²) in [5.74, 6) is 1.54. The fourth-order valence-electron chi connectivity index (χ4n) is 2.62. The first-order chi connectivity index (χ1) is 13.4. The monoisotopic (exact) mass is 387 g/mol. The summed E-state index contributed by atoms with van der Waals surface area (Å²) in [5, 5.41) is 6.06. The smallest absolute Gasteiger partial charge is 0.270 e. The fraction of sp³-hybridized carbons (Fsp3) is 0.450. The van der Waals surface area contributed by atoms with Crippen molar-refractivity contribution in [2.75, 3.05) is 46.7 Å². The van der Waals surface area contributed by atoms with Crippen LogP contribution in [0.15, 0.2) is 24.3 Å². The Morgan fingerprint density at radius 2 is 1.86 bits per heavy atom. The van der Waals surface area contributed by atoms with Gasteiger partial charge in [-0.1, -0.05) is 6.07 Å². The van der Waals surface area contributed by atoms with Crippen molar-refractivity contribution in [3.8, 4) is 11.5 Å². The lowest BCUT2D eigenvalue weighted by molar-refractivity contribution is 0.0947. The third-order valence-electron chi connectivity index (χ3n) is 4.05. The first-order valence-corrected chi connectivity index (χ1v) is 9.16. The number of anilines is 1. The minimum absolute atomic E-state index is 0.196. The molecule has 28 heavy (non-hydrogen) atoms. The molecule has 0 aliphatic heterocycles. The summed E-state index contributed by atoms with van der Waals surface area (Å²) >= 11 is 0. The normalized spacial score (nSPS) is 10.6. The van der Waals surface area contributed by atoms with Crippen LogP contribution in [0.3, 0.4) is 0 Å². The van der Waals surface area contributed by atoms with Crippen LogP contribution in [0.2, 0.25) is 0 Å². The third kappa shape index (κ3) is 6.38. The van der Waals surface area contributed by atoms with Crippen molar-refractivity contribution in [3.63, 3.8) is 0 Å². The Bertz CT molecular complexity index is 795. The molecule has 8 nitrogen and oxygen atoms in total. The highest BCUT2D eigenvalue weighted by Crippen LogP contribution is 2.27. The first kappa shape index (κ1) is 21.4. The van der Waals surface area contributed by atoms with Gasteiger partial charge in [-0.05, 0) is 57.7 Å². The number of aromatic nitrogens is 2. The zero-order valence-corrected chi connectivity index (χ0v) is 17.2. The van der Waals surface area contributed by atoms with Crippen LogP contribution < -0.4 is 20.1 Å². The van der Waals surface area contributed by atoms with E-state index < -0.39 is 0 Å². The minimum atomic E-state index is -0.196. The quantitative estimate of drug-likeness (QED) is 0.604. The van der Waals surface area contributed by atoms with Crippen molar-refractivity contribution in [2.24, 2.45) is 0 Å². The molecule has 8 heteroatoms. The van der Waals surface area contributed by atoms with Crippen molar-refractivity contribution in [1.29, 1.82) is 0 Å². The van der Waals surface area contributed by atoms with E-state index in [9.17, 15) is 4.79 Å². The lowest BCUT2D eigenvalue weighted by Gasteiger charge is -2.12. The topological polar surface area (TPSA) is 88.6 Å². The lowest BCUT2D eigenvalue weighted by Crippen LogP contribution is -2.28. The molecule has 0 aliphatic rings. The molecule has 0 bridgehead atoms. The van der Waals surface area contributed by atoms with E-state index in [1.54, 1.807) is 20.3 Å². The van der Waals surface area contributed by atoms with E-state index in [0.717, 1.165) is 24.2 Å². The number of hydrogen-bond donors (Lipinski definition) is 2. The predicted molar refractivity (Wildman–Crippen MR) is 109 cm³/mol. The van der Waals surface area contributed by atoms with Crippen LogP contribution in [0.1, 0.15) is 28.2 Å². The Morgan fingerprint density at radius 3 is 2.54 bits per heavy atom. The van der Waals surface area contributed by atoms with E-state index in [2.05, 4.69) is 25.5 Å². The number of amides is 1. The van der Waals surface area contributed by atoms with Crippen LogP contribution in [0.25, 0.3) is 0 Å². The molecule has 0 spiro atoms. The molecular weight excluding hydrogens is 358 g/mol. The Labute approximate surface area is 166 Å². The zero-order valence-electron chi connectivity index (χ0n) is 17.2. The average Bonchev–Trinajstić information content (AvgIpc) is 2.68. The lowest BCUT2D eigenvalue weighted by atomic mass is 10.2. The minimum Gasteiger partial charge on any atom is -0.493 e. The SMILES string of the molecule is COc1ccc(CNc2nc(C)cc(C(=O)NCCCN(C)C)n2)cc1OC. The second-order valence-corrected chi connectivity index (χ2v) is 6.67. The van der Waals surface area contributed by atoms with E-state index in [4.69, 9.17) is 9.47 Å². The second kappa shape index (κ2) is 10.5. The number of methoxy groups -OCH3 is 2. The van der Waals surface area contributed by atoms with E-state index in [1.165, 1.54) is 0 Å². The number of carbonyl (C=O) groups is 1. The maximum absolute atomic E-state index is 12.3. The number of nitrogens with zero attached hydrogens (tertiary/aromatic N) is 3. The molecule has 1 heterocycles. The van der Waals surface area contributed by atoms with Crippen LogP contribution in [0.5, 0.6) is 11.5 Å². The molecule has 2 rings (SSSR count). The van der Waals surface area contributed by atoms with E-state index >= 15 is 0 Å². The molecule has 1 aromatic heterocycles. The number of aryl methyl sites for hydroxylation is 1. The number of nitrogens with one attached hydrogen (secondary N) is 2. The maximum Gasteiger partial charge on any atom is 0.270 e. The van der Waals surface area contributed by atoms with Gasteiger partial charge in [-0.15, -0.1) is 0 Å². The number of benzene rings is 1. The average molecular weight is 387 g/mol. The highest BCUT2D eigenvalue weighted by atomic mass is 16.5. The number of ether oxygens (including phenoxy) is 2. The molecule has 152 valence electrons. The Hall–Kier alpha value is -2.87. The van der Waals surface area contributed by atoms with Gasteiger partial charge in [-0.25, -0.2) is 9.97 Å². The van der Waals surface area contributed by atoms with Gasteiger partial charge in [-0.3, -0.25) is 4.79 Å². The van der Waals surface area contributed by atoms with E-state index in [0.29, 0.717) is 36.2 Å². The third-order valence-corrected chi connectivity index (χ3v) is 4.05. The molecule has 0 saturated heterocycles. The summed E-state index contributed by atoms with van der Waals surface area (Å²) in [6, 6.07) is 7.35. The standard InChI is InChI=1S/C20H29N5O3/c1-14-11-16(19(26)21-9-6-10-25(2)3)24-20(23-14)22-13-15-7-8-17(27-4)18(12-15)28-5/h7-8,11-12H,6,9-10,13H2,1-5H3,(H,21,26)(H,22,23,24). The number of hydrogen-bond acceptors (Lipinski definition) is 7. The van der Waals surface area contributed by atoms with Gasteiger partial charge >= 0.3 is 0 Å². The van der Waals surface area contributed by atoms with Crippen LogP contribution >= 0.6 is 0 Å². The van der Waals surface area contributed by atoms with Crippen LogP contribution in [-0.4, -0.2) is 62.2 Å². The van der Waals surface area contributed by atoms with Gasteiger partial charge in [0.25, 0.3) is 5.91 Å². The molecule has 2 aromatic rings. The molecule has 2 N–H and O–H groups in total. The van der Waals surface area contributed by atoms with E-state index in [1.807, 2.05) is 39.2 Å². The predicted octanol–water partition coefficient (Wildman–Crippen LogP) is 2.10. The summed E-state index contributed by atoms with van der Waals surface area (Å²) in [6.45, 7) is 3.86. The molecule has 0 aliphatic carbocycles. The van der Waals surface area contributed by atoms with Gasteiger partial charge in [0, 0.05) is 18.8 Å². The summed E-state index contributed by atoms with van der Waals surface area (Å²) < 4.78 is 10.6. The summed E-state index contributed by atoms with van der Waals surface area (Å²) in [6.07, 6.45) is 0.882. The van der Waals surface area contributed by atoms with Gasteiger partial charge in [0.05, 0.1) is 14.2 Å². The van der Waals surface area contributed by atoms with Crippen molar-refractivity contribution in [3.05, 3.63) is 41.2 Å². The summed E-state index contributed by atoms with van der Waals surface area (Å²) in [7, 11) is 7.21. The Balaban J connectivity index is 2.00. The van der Waals surface area contributed by atoms with Gasteiger partial charge in [0.1, 0.15) is 5.69 Å². The van der Waals surface area contributed by atoms with Crippen LogP contribution in [0.4, 0.5) is 5.95 Å². The van der Waals surface area contributed by atoms with Gasteiger partial charge < -0.3 is 25.0 Å². The Morgan fingerprint density at radius 1 is 1.11 bits per heavy atom. The first-order valence-electron chi connectivity index (χ1n) is 9.16. The molecular formula is C20H29N5O3. The van der Waals surface area contributed by atoms with Crippen molar-refractivity contribution in [1.82, 2.24) is 20.2 Å². The Kier molecular flexibility index (Phi) is 8.01. The molecule has 0 fully saturated rings. The van der Waals surface area contributed by atoms with E-state index in [-0.39, 0.29) is 5.91 Å². The van der Waals surface area contributed by atoms with Crippen molar-refractivity contribution >= 4 is 11.9 Å². The van der Waals surface area contributed by atoms with Gasteiger partial charge in [-0.2, -0.15) is 0 Å². The number of rotatable bonds is 10. The fourth-order valence-corrected chi connectivity index (χ4v) is 2.62. The molecule has 0 unspecified atom stereocenters. The highest BCUT2D eigenvalue weighted by Gasteiger charge is 2.11. The molecule has 1 amide bonds. The van der Waals surface area contributed by atoms with Crippen LogP contribution in [0, 0.1) is 6.92 Å².